The highest BCUT2D eigenvalue weighted by atomic mass is 16.5. The van der Waals surface area contributed by atoms with Gasteiger partial charge in [0.2, 0.25) is 0 Å². The second-order valence-electron chi connectivity index (χ2n) is 3.59. The molecule has 1 aliphatic carbocycles. The number of hydrogen-bond acceptors (Lipinski definition) is 3. The van der Waals surface area contributed by atoms with Gasteiger partial charge in [-0.2, -0.15) is 0 Å². The topological polar surface area (TPSA) is 47.6 Å². The van der Waals surface area contributed by atoms with Crippen molar-refractivity contribution in [1.29, 1.82) is 0 Å². The molecule has 13 heavy (non-hydrogen) atoms. The Balaban J connectivity index is 2.16. The maximum atomic E-state index is 10.8. The fourth-order valence-corrected chi connectivity index (χ4v) is 1.34. The minimum absolute atomic E-state index is 0.296. The van der Waals surface area contributed by atoms with Crippen LogP contribution in [0.2, 0.25) is 0 Å². The first kappa shape index (κ1) is 10.3. The molecule has 0 radical (unpaired) electrons. The predicted octanol–water partition coefficient (Wildman–Crippen LogP) is 1.16. The summed E-state index contributed by atoms with van der Waals surface area (Å²) in [7, 11) is 3.08. The van der Waals surface area contributed by atoms with Gasteiger partial charge in [-0.05, 0) is 24.7 Å². The van der Waals surface area contributed by atoms with E-state index in [2.05, 4.69) is 10.1 Å². The summed E-state index contributed by atoms with van der Waals surface area (Å²) in [4.78, 5) is 10.8. The molecule has 0 aromatic heterocycles. The summed E-state index contributed by atoms with van der Waals surface area (Å²) < 4.78 is 9.50. The van der Waals surface area contributed by atoms with Crippen LogP contribution in [0.1, 0.15) is 19.3 Å². The van der Waals surface area contributed by atoms with E-state index in [9.17, 15) is 4.79 Å². The van der Waals surface area contributed by atoms with Gasteiger partial charge in [-0.25, -0.2) is 4.79 Å². The molecule has 1 fully saturated rings. The van der Waals surface area contributed by atoms with Gasteiger partial charge in [-0.3, -0.25) is 0 Å². The van der Waals surface area contributed by atoms with Gasteiger partial charge in [0.1, 0.15) is 0 Å². The van der Waals surface area contributed by atoms with Crippen LogP contribution in [0.15, 0.2) is 0 Å². The molecule has 4 nitrogen and oxygen atoms in total. The Hall–Kier alpha value is -0.770. The van der Waals surface area contributed by atoms with Crippen LogP contribution in [0.3, 0.4) is 0 Å². The van der Waals surface area contributed by atoms with Crippen molar-refractivity contribution in [1.82, 2.24) is 5.32 Å². The maximum absolute atomic E-state index is 10.8. The highest BCUT2D eigenvalue weighted by Gasteiger charge is 2.42. The van der Waals surface area contributed by atoms with Gasteiger partial charge in [0.05, 0.1) is 7.11 Å². The van der Waals surface area contributed by atoms with Crippen molar-refractivity contribution in [3.8, 4) is 0 Å². The number of ether oxygens (including phenoxy) is 2. The highest BCUT2D eigenvalue weighted by Crippen LogP contribution is 2.48. The summed E-state index contributed by atoms with van der Waals surface area (Å²) in [6.07, 6.45) is 3.04. The fourth-order valence-electron chi connectivity index (χ4n) is 1.34. The number of nitrogens with one attached hydrogen (secondary N) is 1. The van der Waals surface area contributed by atoms with E-state index in [4.69, 9.17) is 4.74 Å². The first-order chi connectivity index (χ1) is 6.22. The lowest BCUT2D eigenvalue weighted by atomic mass is 10.0. The molecule has 4 heteroatoms. The SMILES string of the molecule is COCCC1(CNC(=O)OC)CC1. The third kappa shape index (κ3) is 3.22. The van der Waals surface area contributed by atoms with Crippen molar-refractivity contribution in [2.75, 3.05) is 27.4 Å². The van der Waals surface area contributed by atoms with Crippen LogP contribution < -0.4 is 5.32 Å². The van der Waals surface area contributed by atoms with Crippen LogP contribution in [-0.4, -0.2) is 33.5 Å². The molecule has 76 valence electrons. The molecule has 1 saturated carbocycles. The van der Waals surface area contributed by atoms with Crippen LogP contribution in [0.4, 0.5) is 4.79 Å². The summed E-state index contributed by atoms with van der Waals surface area (Å²) in [5.74, 6) is 0. The summed E-state index contributed by atoms with van der Waals surface area (Å²) >= 11 is 0. The van der Waals surface area contributed by atoms with Gasteiger partial charge in [0, 0.05) is 20.3 Å². The Bertz CT molecular complexity index is 178. The predicted molar refractivity (Wildman–Crippen MR) is 48.6 cm³/mol. The van der Waals surface area contributed by atoms with Crippen LogP contribution in [-0.2, 0) is 9.47 Å². The maximum Gasteiger partial charge on any atom is 0.406 e. The standard InChI is InChI=1S/C9H17NO3/c1-12-6-5-9(3-4-9)7-10-8(11)13-2/h3-7H2,1-2H3,(H,10,11). The molecule has 1 aliphatic rings. The highest BCUT2D eigenvalue weighted by molar-refractivity contribution is 5.66. The van der Waals surface area contributed by atoms with E-state index in [0.29, 0.717) is 12.0 Å². The van der Waals surface area contributed by atoms with E-state index in [1.807, 2.05) is 0 Å². The quantitative estimate of drug-likeness (QED) is 0.702. The molecule has 1 rings (SSSR count). The van der Waals surface area contributed by atoms with Crippen molar-refractivity contribution in [2.24, 2.45) is 5.41 Å². The fraction of sp³-hybridized carbons (Fsp3) is 0.889. The van der Waals surface area contributed by atoms with Gasteiger partial charge in [0.25, 0.3) is 0 Å². The van der Waals surface area contributed by atoms with Crippen molar-refractivity contribution in [2.45, 2.75) is 19.3 Å². The Morgan fingerprint density at radius 2 is 2.15 bits per heavy atom. The number of amides is 1. The van der Waals surface area contributed by atoms with Crippen LogP contribution in [0, 0.1) is 5.41 Å². The summed E-state index contributed by atoms with van der Waals surface area (Å²) in [5, 5.41) is 2.73. The van der Waals surface area contributed by atoms with E-state index >= 15 is 0 Å². The molecule has 0 aliphatic heterocycles. The largest absolute Gasteiger partial charge is 0.453 e. The van der Waals surface area contributed by atoms with E-state index in [1.54, 1.807) is 7.11 Å². The number of carbonyl (C=O) groups excluding carboxylic acids is 1. The minimum Gasteiger partial charge on any atom is -0.453 e. The number of alkyl carbamates (subject to hydrolysis) is 1. The van der Waals surface area contributed by atoms with Crippen LogP contribution in [0.25, 0.3) is 0 Å². The minimum atomic E-state index is -0.344. The average Bonchev–Trinajstić information content (AvgIpc) is 2.92. The molecular weight excluding hydrogens is 170 g/mol. The van der Waals surface area contributed by atoms with Gasteiger partial charge in [0.15, 0.2) is 0 Å². The molecule has 1 N–H and O–H groups in total. The Morgan fingerprint density at radius 3 is 2.62 bits per heavy atom. The molecule has 0 aromatic rings. The summed E-state index contributed by atoms with van der Waals surface area (Å²) in [6.45, 7) is 1.48. The van der Waals surface area contributed by atoms with Crippen LogP contribution >= 0.6 is 0 Å². The smallest absolute Gasteiger partial charge is 0.406 e. The molecule has 0 spiro atoms. The van der Waals surface area contributed by atoms with Gasteiger partial charge < -0.3 is 14.8 Å². The molecule has 0 heterocycles. The Morgan fingerprint density at radius 1 is 1.46 bits per heavy atom. The molecule has 0 aromatic carbocycles. The second-order valence-corrected chi connectivity index (χ2v) is 3.59. The zero-order chi connectivity index (χ0) is 9.73. The van der Waals surface area contributed by atoms with E-state index < -0.39 is 0 Å². The molecule has 0 unspecified atom stereocenters. The van der Waals surface area contributed by atoms with E-state index in [0.717, 1.165) is 13.0 Å². The van der Waals surface area contributed by atoms with Gasteiger partial charge in [-0.15, -0.1) is 0 Å². The number of rotatable bonds is 5. The Kier molecular flexibility index (Phi) is 3.54. The number of methoxy groups -OCH3 is 2. The first-order valence-electron chi connectivity index (χ1n) is 4.53. The molecule has 1 amide bonds. The van der Waals surface area contributed by atoms with Gasteiger partial charge >= 0.3 is 6.09 Å². The number of carbonyl (C=O) groups is 1. The normalized spacial score (nSPS) is 18.0. The average molecular weight is 187 g/mol. The van der Waals surface area contributed by atoms with Crippen molar-refractivity contribution < 1.29 is 14.3 Å². The van der Waals surface area contributed by atoms with E-state index in [-0.39, 0.29) is 6.09 Å². The zero-order valence-electron chi connectivity index (χ0n) is 8.26. The lowest BCUT2D eigenvalue weighted by molar-refractivity contribution is 0.157. The lowest BCUT2D eigenvalue weighted by Gasteiger charge is -2.14. The molecular formula is C9H17NO3. The van der Waals surface area contributed by atoms with Crippen molar-refractivity contribution in [3.05, 3.63) is 0 Å². The van der Waals surface area contributed by atoms with Crippen molar-refractivity contribution in [3.63, 3.8) is 0 Å². The summed E-state index contributed by atoms with van der Waals surface area (Å²) in [6, 6.07) is 0. The Labute approximate surface area is 78.6 Å². The zero-order valence-corrected chi connectivity index (χ0v) is 8.26. The molecule has 0 saturated heterocycles. The third-order valence-corrected chi connectivity index (χ3v) is 2.59. The van der Waals surface area contributed by atoms with Gasteiger partial charge in [-0.1, -0.05) is 0 Å². The van der Waals surface area contributed by atoms with Crippen molar-refractivity contribution >= 4 is 6.09 Å². The third-order valence-electron chi connectivity index (χ3n) is 2.59. The molecule has 0 atom stereocenters. The van der Waals surface area contributed by atoms with Crippen LogP contribution in [0.5, 0.6) is 0 Å². The second kappa shape index (κ2) is 4.46. The van der Waals surface area contributed by atoms with E-state index in [1.165, 1.54) is 20.0 Å². The lowest BCUT2D eigenvalue weighted by Crippen LogP contribution is -2.30. The monoisotopic (exact) mass is 187 g/mol. The first-order valence-corrected chi connectivity index (χ1v) is 4.53. The summed E-state index contributed by atoms with van der Waals surface area (Å²) in [5.41, 5.74) is 0.296. The molecule has 0 bridgehead atoms. The number of hydrogen-bond donors (Lipinski definition) is 1.